The number of hydrogen-bond acceptors (Lipinski definition) is 3. The van der Waals surface area contributed by atoms with Crippen LogP contribution in [0.1, 0.15) is 41.0 Å². The van der Waals surface area contributed by atoms with E-state index >= 15 is 0 Å². The van der Waals surface area contributed by atoms with E-state index in [-0.39, 0.29) is 23.1 Å². The van der Waals surface area contributed by atoms with Crippen LogP contribution in [0.2, 0.25) is 0 Å². The molecule has 0 bridgehead atoms. The van der Waals surface area contributed by atoms with Gasteiger partial charge in [-0.15, -0.1) is 0 Å². The number of oxime groups is 1. The predicted octanol–water partition coefficient (Wildman–Crippen LogP) is 1.31. The van der Waals surface area contributed by atoms with E-state index < -0.39 is 6.04 Å². The highest BCUT2D eigenvalue weighted by Gasteiger charge is 2.23. The number of amidine groups is 1. The lowest BCUT2D eigenvalue weighted by molar-refractivity contribution is -0.123. The molecule has 0 aliphatic heterocycles. The molecule has 0 spiro atoms. The van der Waals surface area contributed by atoms with Crippen LogP contribution in [0.3, 0.4) is 0 Å². The summed E-state index contributed by atoms with van der Waals surface area (Å²) in [4.78, 5) is 11.7. The van der Waals surface area contributed by atoms with E-state index in [0.29, 0.717) is 6.42 Å². The minimum atomic E-state index is -0.417. The second-order valence-corrected chi connectivity index (χ2v) is 5.55. The summed E-state index contributed by atoms with van der Waals surface area (Å²) in [7, 11) is 0. The Balaban J connectivity index is 4.48. The molecule has 1 atom stereocenters. The van der Waals surface area contributed by atoms with Gasteiger partial charge in [-0.05, 0) is 11.3 Å². The van der Waals surface area contributed by atoms with Crippen LogP contribution in [-0.2, 0) is 4.79 Å². The van der Waals surface area contributed by atoms with Gasteiger partial charge in [0.2, 0.25) is 5.91 Å². The number of nitrogens with one attached hydrogen (secondary N) is 1. The highest BCUT2D eigenvalue weighted by Crippen LogP contribution is 2.18. The summed E-state index contributed by atoms with van der Waals surface area (Å²) in [6, 6.07) is -0.417. The van der Waals surface area contributed by atoms with Crippen molar-refractivity contribution < 1.29 is 10.0 Å². The molecule has 1 unspecified atom stereocenters. The van der Waals surface area contributed by atoms with Crippen molar-refractivity contribution >= 4 is 11.7 Å². The first-order valence-electron chi connectivity index (χ1n) is 5.44. The van der Waals surface area contributed by atoms with E-state index in [0.717, 1.165) is 0 Å². The van der Waals surface area contributed by atoms with Gasteiger partial charge in [0, 0.05) is 6.42 Å². The standard InChI is InChI=1S/C11H23N3O2/c1-7(2)9(10(12)14-16)13-8(15)6-11(3,4)5/h7,9,16H,6H2,1-5H3,(H2,12,14)(H,13,15). The van der Waals surface area contributed by atoms with Crippen LogP contribution >= 0.6 is 0 Å². The van der Waals surface area contributed by atoms with Gasteiger partial charge in [-0.1, -0.05) is 39.8 Å². The number of nitrogens with two attached hydrogens (primary N) is 1. The molecule has 0 aliphatic rings. The van der Waals surface area contributed by atoms with Gasteiger partial charge in [-0.3, -0.25) is 4.79 Å². The topological polar surface area (TPSA) is 87.7 Å². The summed E-state index contributed by atoms with van der Waals surface area (Å²) in [5, 5.41) is 14.3. The van der Waals surface area contributed by atoms with Crippen molar-refractivity contribution in [2.45, 2.75) is 47.1 Å². The molecule has 0 heterocycles. The molecule has 94 valence electrons. The smallest absolute Gasteiger partial charge is 0.221 e. The Morgan fingerprint density at radius 1 is 1.44 bits per heavy atom. The lowest BCUT2D eigenvalue weighted by Crippen LogP contribution is -2.48. The molecule has 0 radical (unpaired) electrons. The summed E-state index contributed by atoms with van der Waals surface area (Å²) >= 11 is 0. The Kier molecular flexibility index (Phi) is 5.27. The summed E-state index contributed by atoms with van der Waals surface area (Å²) in [6.45, 7) is 9.77. The third-order valence-corrected chi connectivity index (χ3v) is 2.11. The first-order chi connectivity index (χ1) is 7.17. The quantitative estimate of drug-likeness (QED) is 0.294. The van der Waals surface area contributed by atoms with Crippen LogP contribution in [0.5, 0.6) is 0 Å². The van der Waals surface area contributed by atoms with Crippen LogP contribution in [0.4, 0.5) is 0 Å². The predicted molar refractivity (Wildman–Crippen MR) is 64.2 cm³/mol. The third-order valence-electron chi connectivity index (χ3n) is 2.11. The maximum atomic E-state index is 11.7. The van der Waals surface area contributed by atoms with Crippen molar-refractivity contribution in [3.63, 3.8) is 0 Å². The fraction of sp³-hybridized carbons (Fsp3) is 0.818. The van der Waals surface area contributed by atoms with E-state index in [1.54, 1.807) is 0 Å². The Bertz CT molecular complexity index is 267. The van der Waals surface area contributed by atoms with Gasteiger partial charge in [0.15, 0.2) is 5.84 Å². The van der Waals surface area contributed by atoms with E-state index in [9.17, 15) is 4.79 Å². The molecule has 1 amide bonds. The molecule has 0 aromatic carbocycles. The summed E-state index contributed by atoms with van der Waals surface area (Å²) in [5.41, 5.74) is 5.44. The van der Waals surface area contributed by atoms with Gasteiger partial charge >= 0.3 is 0 Å². The van der Waals surface area contributed by atoms with Gasteiger partial charge in [0.1, 0.15) is 0 Å². The number of rotatable bonds is 4. The average Bonchev–Trinajstić information content (AvgIpc) is 2.09. The Labute approximate surface area is 97.1 Å². The lowest BCUT2D eigenvalue weighted by Gasteiger charge is -2.23. The lowest BCUT2D eigenvalue weighted by atomic mass is 9.91. The maximum Gasteiger partial charge on any atom is 0.221 e. The molecule has 0 fully saturated rings. The second kappa shape index (κ2) is 5.72. The van der Waals surface area contributed by atoms with Crippen LogP contribution in [0.25, 0.3) is 0 Å². The Morgan fingerprint density at radius 2 is 1.94 bits per heavy atom. The molecule has 0 rings (SSSR count). The molecular weight excluding hydrogens is 206 g/mol. The van der Waals surface area contributed by atoms with Gasteiger partial charge in [0.25, 0.3) is 0 Å². The first-order valence-corrected chi connectivity index (χ1v) is 5.44. The van der Waals surface area contributed by atoms with E-state index in [4.69, 9.17) is 10.9 Å². The number of nitrogens with zero attached hydrogens (tertiary/aromatic N) is 1. The van der Waals surface area contributed by atoms with Crippen molar-refractivity contribution in [2.24, 2.45) is 22.2 Å². The molecule has 0 aromatic rings. The molecule has 0 saturated heterocycles. The molecular formula is C11H23N3O2. The van der Waals surface area contributed by atoms with Gasteiger partial charge in [-0.25, -0.2) is 0 Å². The minimum absolute atomic E-state index is 0.0391. The highest BCUT2D eigenvalue weighted by atomic mass is 16.4. The van der Waals surface area contributed by atoms with Crippen LogP contribution in [0.15, 0.2) is 5.16 Å². The Morgan fingerprint density at radius 3 is 2.25 bits per heavy atom. The van der Waals surface area contributed by atoms with Gasteiger partial charge in [-0.2, -0.15) is 0 Å². The van der Waals surface area contributed by atoms with Crippen LogP contribution < -0.4 is 11.1 Å². The molecule has 5 heteroatoms. The SMILES string of the molecule is CC(C)C(NC(=O)CC(C)(C)C)C(N)=NO. The van der Waals surface area contributed by atoms with Gasteiger partial charge in [0.05, 0.1) is 6.04 Å². The fourth-order valence-electron chi connectivity index (χ4n) is 1.35. The third kappa shape index (κ3) is 5.58. The molecule has 0 aromatic heterocycles. The van der Waals surface area contributed by atoms with Crippen molar-refractivity contribution in [2.75, 3.05) is 0 Å². The van der Waals surface area contributed by atoms with Crippen molar-refractivity contribution in [1.82, 2.24) is 5.32 Å². The number of amides is 1. The highest BCUT2D eigenvalue weighted by molar-refractivity contribution is 5.90. The van der Waals surface area contributed by atoms with E-state index in [1.807, 2.05) is 34.6 Å². The zero-order valence-electron chi connectivity index (χ0n) is 10.7. The first kappa shape index (κ1) is 14.7. The minimum Gasteiger partial charge on any atom is -0.409 e. The molecule has 16 heavy (non-hydrogen) atoms. The normalized spacial score (nSPS) is 15.0. The summed E-state index contributed by atoms with van der Waals surface area (Å²) < 4.78 is 0. The summed E-state index contributed by atoms with van der Waals surface area (Å²) in [6.07, 6.45) is 0.412. The van der Waals surface area contributed by atoms with Crippen molar-refractivity contribution in [3.8, 4) is 0 Å². The molecule has 4 N–H and O–H groups in total. The van der Waals surface area contributed by atoms with E-state index in [1.165, 1.54) is 0 Å². The Hall–Kier alpha value is -1.26. The van der Waals surface area contributed by atoms with E-state index in [2.05, 4.69) is 10.5 Å². The fourth-order valence-corrected chi connectivity index (χ4v) is 1.35. The monoisotopic (exact) mass is 229 g/mol. The molecule has 5 nitrogen and oxygen atoms in total. The second-order valence-electron chi connectivity index (χ2n) is 5.55. The summed E-state index contributed by atoms with van der Waals surface area (Å²) in [5.74, 6) is 0.0369. The van der Waals surface area contributed by atoms with Crippen LogP contribution in [-0.4, -0.2) is 23.0 Å². The van der Waals surface area contributed by atoms with Gasteiger partial charge < -0.3 is 16.3 Å². The molecule has 0 aliphatic carbocycles. The number of carbonyl (C=O) groups excluding carboxylic acids is 1. The van der Waals surface area contributed by atoms with Crippen LogP contribution in [0, 0.1) is 11.3 Å². The average molecular weight is 229 g/mol. The number of hydrogen-bond donors (Lipinski definition) is 3. The largest absolute Gasteiger partial charge is 0.409 e. The molecule has 0 saturated carbocycles. The zero-order chi connectivity index (χ0) is 12.9. The maximum absolute atomic E-state index is 11.7. The van der Waals surface area contributed by atoms with Crippen molar-refractivity contribution in [3.05, 3.63) is 0 Å². The zero-order valence-corrected chi connectivity index (χ0v) is 10.7. The number of carbonyl (C=O) groups is 1. The van der Waals surface area contributed by atoms with Crippen molar-refractivity contribution in [1.29, 1.82) is 0 Å².